The van der Waals surface area contributed by atoms with E-state index in [1.165, 1.54) is 28.9 Å². The Morgan fingerprint density at radius 2 is 2.06 bits per heavy atom. The second kappa shape index (κ2) is 3.88. The lowest BCUT2D eigenvalue weighted by Crippen LogP contribution is -2.09. The number of aromatic amines is 1. The van der Waals surface area contributed by atoms with Crippen molar-refractivity contribution in [3.05, 3.63) is 47.1 Å². The van der Waals surface area contributed by atoms with Gasteiger partial charge in [0, 0.05) is 6.07 Å². The zero-order valence-electron chi connectivity index (χ0n) is 9.07. The number of aromatic hydroxyl groups is 1. The molecule has 18 heavy (non-hydrogen) atoms. The van der Waals surface area contributed by atoms with Gasteiger partial charge in [-0.1, -0.05) is 0 Å². The third kappa shape index (κ3) is 1.77. The molecule has 0 bridgehead atoms. The number of aromatic nitrogens is 4. The van der Waals surface area contributed by atoms with E-state index in [1.54, 1.807) is 12.1 Å². The average Bonchev–Trinajstić information content (AvgIpc) is 2.74. The lowest BCUT2D eigenvalue weighted by atomic mass is 10.3. The molecule has 90 valence electrons. The van der Waals surface area contributed by atoms with Crippen LogP contribution in [0.5, 0.6) is 17.4 Å². The molecular formula is C11H8N4O3. The minimum atomic E-state index is -0.353. The molecule has 0 aliphatic rings. The maximum Gasteiger partial charge on any atom is 0.348 e. The summed E-state index contributed by atoms with van der Waals surface area (Å²) in [7, 11) is 0. The topological polar surface area (TPSA) is 92.5 Å². The number of hydrogen-bond donors (Lipinski definition) is 2. The molecule has 0 radical (unpaired) electrons. The highest BCUT2D eigenvalue weighted by atomic mass is 16.5. The molecule has 0 saturated heterocycles. The Labute approximate surface area is 100 Å². The average molecular weight is 244 g/mol. The van der Waals surface area contributed by atoms with Gasteiger partial charge in [-0.3, -0.25) is 0 Å². The Balaban J connectivity index is 1.95. The van der Waals surface area contributed by atoms with Crippen LogP contribution in [0.2, 0.25) is 0 Å². The van der Waals surface area contributed by atoms with Gasteiger partial charge in [0.2, 0.25) is 5.88 Å². The minimum absolute atomic E-state index is 0.157. The van der Waals surface area contributed by atoms with Crippen LogP contribution in [0.1, 0.15) is 0 Å². The van der Waals surface area contributed by atoms with E-state index < -0.39 is 0 Å². The van der Waals surface area contributed by atoms with E-state index in [9.17, 15) is 4.79 Å². The summed E-state index contributed by atoms with van der Waals surface area (Å²) in [5, 5.41) is 15.2. The first kappa shape index (κ1) is 10.3. The van der Waals surface area contributed by atoms with Crippen LogP contribution in [-0.4, -0.2) is 24.7 Å². The molecule has 0 aliphatic carbocycles. The standard InChI is InChI=1S/C11H8N4O3/c16-7-1-3-8(4-2-7)18-10-5-9-13-14-11(17)15(9)6-12-10/h1-6,16H,(H,14,17). The normalized spacial score (nSPS) is 10.7. The summed E-state index contributed by atoms with van der Waals surface area (Å²) in [6.07, 6.45) is 1.33. The van der Waals surface area contributed by atoms with Gasteiger partial charge in [-0.05, 0) is 24.3 Å². The van der Waals surface area contributed by atoms with Crippen molar-refractivity contribution in [2.75, 3.05) is 0 Å². The van der Waals surface area contributed by atoms with Gasteiger partial charge >= 0.3 is 5.69 Å². The number of fused-ring (bicyclic) bond motifs is 1. The third-order valence-corrected chi connectivity index (χ3v) is 2.34. The highest BCUT2D eigenvalue weighted by molar-refractivity contribution is 5.41. The number of hydrogen-bond acceptors (Lipinski definition) is 5. The van der Waals surface area contributed by atoms with E-state index in [0.29, 0.717) is 17.3 Å². The van der Waals surface area contributed by atoms with E-state index in [2.05, 4.69) is 15.2 Å². The Morgan fingerprint density at radius 3 is 2.83 bits per heavy atom. The molecule has 2 aromatic heterocycles. The zero-order chi connectivity index (χ0) is 12.5. The summed E-state index contributed by atoms with van der Waals surface area (Å²) in [6, 6.07) is 7.76. The zero-order valence-corrected chi connectivity index (χ0v) is 9.07. The van der Waals surface area contributed by atoms with Crippen LogP contribution < -0.4 is 10.4 Å². The lowest BCUT2D eigenvalue weighted by molar-refractivity contribution is 0.453. The number of ether oxygens (including phenoxy) is 1. The largest absolute Gasteiger partial charge is 0.508 e. The lowest BCUT2D eigenvalue weighted by Gasteiger charge is -2.04. The molecular weight excluding hydrogens is 236 g/mol. The number of H-pyrrole nitrogens is 1. The minimum Gasteiger partial charge on any atom is -0.508 e. The third-order valence-electron chi connectivity index (χ3n) is 2.34. The molecule has 0 spiro atoms. The van der Waals surface area contributed by atoms with Crippen LogP contribution in [0.4, 0.5) is 0 Å². The van der Waals surface area contributed by atoms with Gasteiger partial charge in [0.05, 0.1) is 0 Å². The van der Waals surface area contributed by atoms with Crippen LogP contribution in [0.3, 0.4) is 0 Å². The van der Waals surface area contributed by atoms with Crippen molar-refractivity contribution >= 4 is 5.65 Å². The molecule has 3 rings (SSSR count). The number of phenols is 1. The predicted octanol–water partition coefficient (Wildman–Crippen LogP) is 0.915. The van der Waals surface area contributed by atoms with Gasteiger partial charge in [-0.2, -0.15) is 5.10 Å². The van der Waals surface area contributed by atoms with Crippen molar-refractivity contribution in [1.29, 1.82) is 0 Å². The molecule has 2 N–H and O–H groups in total. The summed E-state index contributed by atoms with van der Waals surface area (Å²) in [5.41, 5.74) is 0.0671. The van der Waals surface area contributed by atoms with Crippen molar-refractivity contribution < 1.29 is 9.84 Å². The van der Waals surface area contributed by atoms with Crippen LogP contribution in [0.15, 0.2) is 41.5 Å². The molecule has 3 aromatic rings. The number of benzene rings is 1. The van der Waals surface area contributed by atoms with Crippen LogP contribution >= 0.6 is 0 Å². The van der Waals surface area contributed by atoms with Gasteiger partial charge in [0.1, 0.15) is 17.8 Å². The van der Waals surface area contributed by atoms with Crippen LogP contribution in [0.25, 0.3) is 5.65 Å². The van der Waals surface area contributed by atoms with Crippen molar-refractivity contribution in [2.24, 2.45) is 0 Å². The SMILES string of the molecule is O=c1[nH]nc2cc(Oc3ccc(O)cc3)ncn12. The smallest absolute Gasteiger partial charge is 0.348 e. The Kier molecular flexibility index (Phi) is 2.23. The first-order chi connectivity index (χ1) is 8.72. The van der Waals surface area contributed by atoms with E-state index in [1.807, 2.05) is 0 Å². The second-order valence-electron chi connectivity index (χ2n) is 3.58. The first-order valence-electron chi connectivity index (χ1n) is 5.12. The van der Waals surface area contributed by atoms with Crippen LogP contribution in [-0.2, 0) is 0 Å². The van der Waals surface area contributed by atoms with Crippen molar-refractivity contribution in [1.82, 2.24) is 19.6 Å². The van der Waals surface area contributed by atoms with Gasteiger partial charge in [0.25, 0.3) is 0 Å². The molecule has 7 nitrogen and oxygen atoms in total. The molecule has 0 unspecified atom stereocenters. The summed E-state index contributed by atoms with van der Waals surface area (Å²) in [4.78, 5) is 15.2. The van der Waals surface area contributed by atoms with Gasteiger partial charge in [-0.25, -0.2) is 19.3 Å². The fourth-order valence-electron chi connectivity index (χ4n) is 1.48. The highest BCUT2D eigenvalue weighted by Crippen LogP contribution is 2.21. The second-order valence-corrected chi connectivity index (χ2v) is 3.58. The van der Waals surface area contributed by atoms with E-state index in [4.69, 9.17) is 9.84 Å². The Hall–Kier alpha value is -2.83. The van der Waals surface area contributed by atoms with E-state index in [0.717, 1.165) is 0 Å². The fourth-order valence-corrected chi connectivity index (χ4v) is 1.48. The molecule has 0 atom stereocenters. The molecule has 7 heteroatoms. The fraction of sp³-hybridized carbons (Fsp3) is 0. The van der Waals surface area contributed by atoms with E-state index >= 15 is 0 Å². The molecule has 0 aliphatic heterocycles. The van der Waals surface area contributed by atoms with Gasteiger partial charge in [-0.15, -0.1) is 0 Å². The first-order valence-corrected chi connectivity index (χ1v) is 5.12. The molecule has 0 amide bonds. The summed E-state index contributed by atoms with van der Waals surface area (Å²) in [5.74, 6) is 0.999. The molecule has 1 aromatic carbocycles. The summed E-state index contributed by atoms with van der Waals surface area (Å²) < 4.78 is 6.73. The predicted molar refractivity (Wildman–Crippen MR) is 61.8 cm³/mol. The van der Waals surface area contributed by atoms with E-state index in [-0.39, 0.29) is 11.4 Å². The number of nitrogens with zero attached hydrogens (tertiary/aromatic N) is 3. The molecule has 0 saturated carbocycles. The summed E-state index contributed by atoms with van der Waals surface area (Å²) in [6.45, 7) is 0. The van der Waals surface area contributed by atoms with Gasteiger partial charge in [0.15, 0.2) is 5.65 Å². The number of rotatable bonds is 2. The monoisotopic (exact) mass is 244 g/mol. The Morgan fingerprint density at radius 1 is 1.28 bits per heavy atom. The maximum absolute atomic E-state index is 11.2. The van der Waals surface area contributed by atoms with Crippen molar-refractivity contribution in [3.8, 4) is 17.4 Å². The van der Waals surface area contributed by atoms with Crippen LogP contribution in [0, 0.1) is 0 Å². The maximum atomic E-state index is 11.2. The van der Waals surface area contributed by atoms with Crippen molar-refractivity contribution in [2.45, 2.75) is 0 Å². The number of phenolic OH excluding ortho intramolecular Hbond substituents is 1. The Bertz CT molecular complexity index is 745. The highest BCUT2D eigenvalue weighted by Gasteiger charge is 2.04. The quantitative estimate of drug-likeness (QED) is 0.699. The summed E-state index contributed by atoms with van der Waals surface area (Å²) >= 11 is 0. The molecule has 0 fully saturated rings. The van der Waals surface area contributed by atoms with Crippen molar-refractivity contribution in [3.63, 3.8) is 0 Å². The molecule has 2 heterocycles. The number of nitrogens with one attached hydrogen (secondary N) is 1. The van der Waals surface area contributed by atoms with Gasteiger partial charge < -0.3 is 9.84 Å².